The quantitative estimate of drug-likeness (QED) is 0.771. The highest BCUT2D eigenvalue weighted by atomic mass is 32.2. The third-order valence-corrected chi connectivity index (χ3v) is 4.57. The molecule has 21 heavy (non-hydrogen) atoms. The summed E-state index contributed by atoms with van der Waals surface area (Å²) in [6.45, 7) is 4.89. The highest BCUT2D eigenvalue weighted by Gasteiger charge is 2.21. The van der Waals surface area contributed by atoms with E-state index in [-0.39, 0.29) is 17.0 Å². The van der Waals surface area contributed by atoms with Crippen molar-refractivity contribution in [2.24, 2.45) is 0 Å². The number of benzene rings is 1. The number of aromatic nitrogens is 3. The summed E-state index contributed by atoms with van der Waals surface area (Å²) in [5, 5.41) is 11.0. The Morgan fingerprint density at radius 3 is 2.71 bits per heavy atom. The predicted molar refractivity (Wildman–Crippen MR) is 86.7 cm³/mol. The highest BCUT2D eigenvalue weighted by molar-refractivity contribution is 7.99. The summed E-state index contributed by atoms with van der Waals surface area (Å²) in [6, 6.07) is 10.5. The Morgan fingerprint density at radius 1 is 1.38 bits per heavy atom. The maximum Gasteiger partial charge on any atom is 0.343 e. The van der Waals surface area contributed by atoms with E-state index in [1.165, 1.54) is 5.56 Å². The third-order valence-electron chi connectivity index (χ3n) is 3.40. The monoisotopic (exact) mass is 306 g/mol. The van der Waals surface area contributed by atoms with Crippen LogP contribution in [0.5, 0.6) is 0 Å². The molecule has 0 amide bonds. The fourth-order valence-corrected chi connectivity index (χ4v) is 3.54. The Labute approximate surface area is 129 Å². The van der Waals surface area contributed by atoms with Crippen molar-refractivity contribution in [1.29, 1.82) is 0 Å². The van der Waals surface area contributed by atoms with Crippen LogP contribution < -0.4 is 11.0 Å². The minimum absolute atomic E-state index is 0.132. The summed E-state index contributed by atoms with van der Waals surface area (Å²) in [6.07, 6.45) is 0.912. The van der Waals surface area contributed by atoms with Gasteiger partial charge in [0.1, 0.15) is 0 Å². The van der Waals surface area contributed by atoms with Gasteiger partial charge >= 0.3 is 5.69 Å². The van der Waals surface area contributed by atoms with Crippen LogP contribution in [0.2, 0.25) is 0 Å². The Balaban J connectivity index is 2.16. The van der Waals surface area contributed by atoms with Gasteiger partial charge in [-0.05, 0) is 19.0 Å². The standard InChI is InChI=1S/C15H22N4OS/c1-4-10-19-14(20)17-18-15(19)21-11(2)13(16-3)12-8-6-5-7-9-12/h5-9,11,13,16H,4,10H2,1-3H3,(H,17,20). The van der Waals surface area contributed by atoms with Gasteiger partial charge < -0.3 is 5.32 Å². The Bertz CT molecular complexity index is 608. The van der Waals surface area contributed by atoms with E-state index in [2.05, 4.69) is 41.5 Å². The summed E-state index contributed by atoms with van der Waals surface area (Å²) < 4.78 is 1.71. The van der Waals surface area contributed by atoms with E-state index >= 15 is 0 Å². The first-order valence-electron chi connectivity index (χ1n) is 7.21. The minimum atomic E-state index is -0.132. The molecule has 2 unspecified atom stereocenters. The molecule has 0 bridgehead atoms. The van der Waals surface area contributed by atoms with Crippen molar-refractivity contribution >= 4 is 11.8 Å². The molecular formula is C15H22N4OS. The summed E-state index contributed by atoms with van der Waals surface area (Å²) in [7, 11) is 1.96. The number of H-pyrrole nitrogens is 1. The predicted octanol–water partition coefficient (Wildman–Crippen LogP) is 2.42. The van der Waals surface area contributed by atoms with Gasteiger partial charge in [0, 0.05) is 17.8 Å². The molecule has 0 fully saturated rings. The van der Waals surface area contributed by atoms with E-state index in [1.807, 2.05) is 25.2 Å². The molecular weight excluding hydrogens is 284 g/mol. The lowest BCUT2D eigenvalue weighted by molar-refractivity contribution is 0.577. The van der Waals surface area contributed by atoms with Gasteiger partial charge in [0.15, 0.2) is 5.16 Å². The highest BCUT2D eigenvalue weighted by Crippen LogP contribution is 2.30. The number of nitrogens with one attached hydrogen (secondary N) is 2. The summed E-state index contributed by atoms with van der Waals surface area (Å²) in [5.74, 6) is 0. The van der Waals surface area contributed by atoms with Crippen molar-refractivity contribution in [2.75, 3.05) is 7.05 Å². The van der Waals surface area contributed by atoms with Crippen LogP contribution in [-0.2, 0) is 6.54 Å². The fourth-order valence-electron chi connectivity index (χ4n) is 2.38. The second kappa shape index (κ2) is 7.47. The average molecular weight is 306 g/mol. The molecule has 2 N–H and O–H groups in total. The second-order valence-electron chi connectivity index (χ2n) is 4.96. The van der Waals surface area contributed by atoms with E-state index in [1.54, 1.807) is 16.3 Å². The molecule has 0 spiro atoms. The largest absolute Gasteiger partial charge is 0.343 e. The number of thioether (sulfide) groups is 1. The van der Waals surface area contributed by atoms with E-state index in [4.69, 9.17) is 0 Å². The zero-order valence-corrected chi connectivity index (χ0v) is 13.5. The Morgan fingerprint density at radius 2 is 2.10 bits per heavy atom. The minimum Gasteiger partial charge on any atom is -0.312 e. The normalized spacial score (nSPS) is 14.0. The molecule has 0 aliphatic carbocycles. The molecule has 2 atom stereocenters. The maximum atomic E-state index is 11.7. The van der Waals surface area contributed by atoms with Crippen LogP contribution in [0, 0.1) is 0 Å². The molecule has 2 rings (SSSR count). The van der Waals surface area contributed by atoms with Crippen molar-refractivity contribution in [3.8, 4) is 0 Å². The zero-order chi connectivity index (χ0) is 15.2. The molecule has 0 aliphatic rings. The molecule has 6 heteroatoms. The lowest BCUT2D eigenvalue weighted by Crippen LogP contribution is -2.26. The van der Waals surface area contributed by atoms with Gasteiger partial charge in [-0.15, -0.1) is 5.10 Å². The SMILES string of the molecule is CCCn1c(SC(C)C(NC)c2ccccc2)n[nH]c1=O. The van der Waals surface area contributed by atoms with E-state index in [0.717, 1.165) is 11.6 Å². The summed E-state index contributed by atoms with van der Waals surface area (Å²) in [5.41, 5.74) is 1.10. The molecule has 114 valence electrons. The zero-order valence-electron chi connectivity index (χ0n) is 12.7. The van der Waals surface area contributed by atoms with Crippen molar-refractivity contribution in [3.05, 3.63) is 46.4 Å². The van der Waals surface area contributed by atoms with Crippen LogP contribution in [0.3, 0.4) is 0 Å². The van der Waals surface area contributed by atoms with Gasteiger partial charge in [0.2, 0.25) is 0 Å². The molecule has 0 radical (unpaired) electrons. The number of hydrogen-bond acceptors (Lipinski definition) is 4. The smallest absolute Gasteiger partial charge is 0.312 e. The molecule has 0 saturated heterocycles. The van der Waals surface area contributed by atoms with Gasteiger partial charge in [-0.1, -0.05) is 55.9 Å². The van der Waals surface area contributed by atoms with Gasteiger partial charge in [0.25, 0.3) is 0 Å². The number of nitrogens with zero attached hydrogens (tertiary/aromatic N) is 2. The van der Waals surface area contributed by atoms with Gasteiger partial charge in [0.05, 0.1) is 0 Å². The Kier molecular flexibility index (Phi) is 5.64. The third kappa shape index (κ3) is 3.77. The lowest BCUT2D eigenvalue weighted by Gasteiger charge is -2.23. The van der Waals surface area contributed by atoms with Crippen molar-refractivity contribution in [1.82, 2.24) is 20.1 Å². The van der Waals surface area contributed by atoms with Crippen LogP contribution >= 0.6 is 11.8 Å². The molecule has 5 nitrogen and oxygen atoms in total. The van der Waals surface area contributed by atoms with E-state index < -0.39 is 0 Å². The van der Waals surface area contributed by atoms with Crippen LogP contribution in [0.4, 0.5) is 0 Å². The van der Waals surface area contributed by atoms with Gasteiger partial charge in [-0.25, -0.2) is 9.89 Å². The fraction of sp³-hybridized carbons (Fsp3) is 0.467. The topological polar surface area (TPSA) is 62.7 Å². The van der Waals surface area contributed by atoms with Crippen LogP contribution in [0.1, 0.15) is 31.9 Å². The number of hydrogen-bond donors (Lipinski definition) is 2. The summed E-state index contributed by atoms with van der Waals surface area (Å²) in [4.78, 5) is 11.7. The molecule has 1 aromatic carbocycles. The Hall–Kier alpha value is -1.53. The van der Waals surface area contributed by atoms with E-state index in [0.29, 0.717) is 6.54 Å². The first-order valence-corrected chi connectivity index (χ1v) is 8.09. The molecule has 1 heterocycles. The molecule has 2 aromatic rings. The lowest BCUT2D eigenvalue weighted by atomic mass is 10.0. The van der Waals surface area contributed by atoms with Crippen LogP contribution in [-0.4, -0.2) is 27.1 Å². The first kappa shape index (κ1) is 15.9. The van der Waals surface area contributed by atoms with E-state index in [9.17, 15) is 4.79 Å². The second-order valence-corrected chi connectivity index (χ2v) is 6.31. The molecule has 0 aliphatic heterocycles. The molecule has 0 saturated carbocycles. The summed E-state index contributed by atoms with van der Waals surface area (Å²) >= 11 is 1.62. The maximum absolute atomic E-state index is 11.7. The van der Waals surface area contributed by atoms with Crippen molar-refractivity contribution in [3.63, 3.8) is 0 Å². The first-order chi connectivity index (χ1) is 10.2. The van der Waals surface area contributed by atoms with Crippen molar-refractivity contribution in [2.45, 2.75) is 43.3 Å². The van der Waals surface area contributed by atoms with Crippen LogP contribution in [0.15, 0.2) is 40.3 Å². The van der Waals surface area contributed by atoms with Gasteiger partial charge in [-0.2, -0.15) is 0 Å². The average Bonchev–Trinajstić information content (AvgIpc) is 2.83. The van der Waals surface area contributed by atoms with Crippen molar-refractivity contribution < 1.29 is 0 Å². The number of rotatable bonds is 7. The molecule has 1 aromatic heterocycles. The van der Waals surface area contributed by atoms with Crippen LogP contribution in [0.25, 0.3) is 0 Å². The van der Waals surface area contributed by atoms with Gasteiger partial charge in [-0.3, -0.25) is 4.57 Å². The number of aromatic amines is 1.